The minimum atomic E-state index is -5.08. The number of amides is 1. The summed E-state index contributed by atoms with van der Waals surface area (Å²) in [5.41, 5.74) is -3.60. The fourth-order valence-electron chi connectivity index (χ4n) is 1.93. The number of hydrogen-bond donors (Lipinski definition) is 1. The van der Waals surface area contributed by atoms with Gasteiger partial charge in [0.25, 0.3) is 0 Å². The van der Waals surface area contributed by atoms with E-state index in [9.17, 15) is 41.0 Å². The zero-order valence-electron chi connectivity index (χ0n) is 12.9. The maximum atomic E-state index is 13.0. The zero-order chi connectivity index (χ0) is 20.4. The molecule has 0 saturated heterocycles. The van der Waals surface area contributed by atoms with Crippen LogP contribution in [0.15, 0.2) is 42.5 Å². The third kappa shape index (κ3) is 5.09. The van der Waals surface area contributed by atoms with Crippen molar-refractivity contribution in [3.8, 4) is 5.69 Å². The van der Waals surface area contributed by atoms with Crippen LogP contribution in [0, 0.1) is 0 Å². The molecule has 1 aromatic heterocycles. The molecule has 144 valence electrons. The van der Waals surface area contributed by atoms with E-state index >= 15 is 0 Å². The number of rotatable bonds is 4. The average Bonchev–Trinajstić information content (AvgIpc) is 2.99. The van der Waals surface area contributed by atoms with Gasteiger partial charge in [-0.05, 0) is 30.3 Å². The Balaban J connectivity index is 2.33. The summed E-state index contributed by atoms with van der Waals surface area (Å²) < 4.78 is 77.1. The Morgan fingerprint density at radius 2 is 1.59 bits per heavy atom. The Labute approximate surface area is 146 Å². The number of alkyl halides is 6. The van der Waals surface area contributed by atoms with Crippen LogP contribution in [0.25, 0.3) is 5.69 Å². The molecule has 12 heteroatoms. The molecule has 6 nitrogen and oxygen atoms in total. The molecule has 1 amide bonds. The van der Waals surface area contributed by atoms with Gasteiger partial charge in [-0.25, -0.2) is 4.68 Å². The SMILES string of the molecule is O=C([O-])/C=C/C(=O)Nc1ccc(-n2nc(C(F)(F)F)cc2C(F)(F)F)cc1. The predicted molar refractivity (Wildman–Crippen MR) is 76.3 cm³/mol. The lowest BCUT2D eigenvalue weighted by Crippen LogP contribution is -2.20. The molecule has 2 aromatic rings. The molecule has 0 bridgehead atoms. The summed E-state index contributed by atoms with van der Waals surface area (Å²) in [6.07, 6.45) is -9.04. The number of aliphatic carboxylic acids is 1. The minimum Gasteiger partial charge on any atom is -0.545 e. The summed E-state index contributed by atoms with van der Waals surface area (Å²) in [5, 5.41) is 15.3. The quantitative estimate of drug-likeness (QED) is 0.638. The van der Waals surface area contributed by atoms with Crippen molar-refractivity contribution in [3.05, 3.63) is 53.9 Å². The summed E-state index contributed by atoms with van der Waals surface area (Å²) in [4.78, 5) is 21.6. The first-order valence-electron chi connectivity index (χ1n) is 6.93. The largest absolute Gasteiger partial charge is 0.545 e. The van der Waals surface area contributed by atoms with Crippen LogP contribution in [-0.2, 0) is 21.9 Å². The number of halogens is 6. The van der Waals surface area contributed by atoms with Gasteiger partial charge in [0.15, 0.2) is 5.69 Å². The third-order valence-corrected chi connectivity index (χ3v) is 3.04. The van der Waals surface area contributed by atoms with Crippen molar-refractivity contribution in [2.75, 3.05) is 5.32 Å². The van der Waals surface area contributed by atoms with Crippen LogP contribution in [-0.4, -0.2) is 21.7 Å². The molecule has 0 aliphatic carbocycles. The highest BCUT2D eigenvalue weighted by molar-refractivity contribution is 6.02. The van der Waals surface area contributed by atoms with Gasteiger partial charge in [0.2, 0.25) is 5.91 Å². The molecule has 0 spiro atoms. The second-order valence-corrected chi connectivity index (χ2v) is 5.01. The standard InChI is InChI=1S/C15H9F6N3O3/c16-14(17,18)10-7-11(15(19,20)21)24(23-10)9-3-1-8(2-4-9)22-12(25)5-6-13(26)27/h1-7H,(H,22,25)(H,26,27)/p-1/b6-5+. The van der Waals surface area contributed by atoms with Crippen LogP contribution in [0.1, 0.15) is 11.4 Å². The first-order valence-corrected chi connectivity index (χ1v) is 6.93. The van der Waals surface area contributed by atoms with Gasteiger partial charge in [-0.3, -0.25) is 4.79 Å². The lowest BCUT2D eigenvalue weighted by molar-refractivity contribution is -0.297. The second kappa shape index (κ2) is 7.13. The highest BCUT2D eigenvalue weighted by Gasteiger charge is 2.42. The number of nitrogens with zero attached hydrogens (tertiary/aromatic N) is 2. The third-order valence-electron chi connectivity index (χ3n) is 3.04. The number of carboxylic acid groups (broad SMARTS) is 1. The van der Waals surface area contributed by atoms with E-state index in [1.54, 1.807) is 0 Å². The van der Waals surface area contributed by atoms with E-state index in [0.29, 0.717) is 12.2 Å². The molecule has 1 aromatic carbocycles. The van der Waals surface area contributed by atoms with Crippen molar-refractivity contribution in [2.45, 2.75) is 12.4 Å². The number of nitrogens with one attached hydrogen (secondary N) is 1. The minimum absolute atomic E-state index is 0.0588. The monoisotopic (exact) mass is 392 g/mol. The fraction of sp³-hybridized carbons (Fsp3) is 0.133. The van der Waals surface area contributed by atoms with Crippen molar-refractivity contribution in [2.24, 2.45) is 0 Å². The molecule has 27 heavy (non-hydrogen) atoms. The Bertz CT molecular complexity index is 882. The van der Waals surface area contributed by atoms with Crippen LogP contribution in [0.2, 0.25) is 0 Å². The first kappa shape index (κ1) is 20.0. The van der Waals surface area contributed by atoms with E-state index in [1.807, 2.05) is 0 Å². The molecule has 0 aliphatic rings. The predicted octanol–water partition coefficient (Wildman–Crippen LogP) is 2.15. The first-order chi connectivity index (χ1) is 12.4. The smallest absolute Gasteiger partial charge is 0.435 e. The van der Waals surface area contributed by atoms with E-state index in [0.717, 1.165) is 24.3 Å². The van der Waals surface area contributed by atoms with Gasteiger partial charge >= 0.3 is 12.4 Å². The van der Waals surface area contributed by atoms with Gasteiger partial charge in [-0.2, -0.15) is 31.4 Å². The number of benzene rings is 1. The maximum Gasteiger partial charge on any atom is 0.435 e. The number of aromatic nitrogens is 2. The molecule has 2 rings (SSSR count). The molecule has 0 fully saturated rings. The lowest BCUT2D eigenvalue weighted by Gasteiger charge is -2.11. The number of carboxylic acids is 1. The Morgan fingerprint density at radius 3 is 2.07 bits per heavy atom. The Hall–Kier alpha value is -3.31. The summed E-state index contributed by atoms with van der Waals surface area (Å²) in [6, 6.07) is 4.10. The van der Waals surface area contributed by atoms with Gasteiger partial charge in [0, 0.05) is 17.8 Å². The molecule has 0 radical (unpaired) electrons. The second-order valence-electron chi connectivity index (χ2n) is 5.01. The summed E-state index contributed by atoms with van der Waals surface area (Å²) >= 11 is 0. The molecule has 1 heterocycles. The summed E-state index contributed by atoms with van der Waals surface area (Å²) in [7, 11) is 0. The molecule has 0 atom stereocenters. The van der Waals surface area contributed by atoms with Gasteiger partial charge in [0.1, 0.15) is 5.69 Å². The topological polar surface area (TPSA) is 87.0 Å². The van der Waals surface area contributed by atoms with Crippen molar-refractivity contribution in [1.29, 1.82) is 0 Å². The highest BCUT2D eigenvalue weighted by Crippen LogP contribution is 2.36. The van der Waals surface area contributed by atoms with Crippen LogP contribution in [0.4, 0.5) is 32.0 Å². The number of carbonyl (C=O) groups excluding carboxylic acids is 2. The van der Waals surface area contributed by atoms with Crippen molar-refractivity contribution < 1.29 is 41.0 Å². The van der Waals surface area contributed by atoms with E-state index < -0.39 is 35.6 Å². The van der Waals surface area contributed by atoms with Crippen molar-refractivity contribution in [3.63, 3.8) is 0 Å². The van der Waals surface area contributed by atoms with E-state index in [4.69, 9.17) is 0 Å². The van der Waals surface area contributed by atoms with E-state index in [1.165, 1.54) is 0 Å². The lowest BCUT2D eigenvalue weighted by atomic mass is 10.2. The van der Waals surface area contributed by atoms with Gasteiger partial charge in [0.05, 0.1) is 11.7 Å². The molecular weight excluding hydrogens is 384 g/mol. The van der Waals surface area contributed by atoms with Crippen molar-refractivity contribution >= 4 is 17.6 Å². The van der Waals surface area contributed by atoms with Crippen LogP contribution in [0.5, 0.6) is 0 Å². The number of carbonyl (C=O) groups is 2. The highest BCUT2D eigenvalue weighted by atomic mass is 19.4. The maximum absolute atomic E-state index is 13.0. The summed E-state index contributed by atoms with van der Waals surface area (Å²) in [5.74, 6) is -2.47. The van der Waals surface area contributed by atoms with E-state index in [2.05, 4.69) is 10.4 Å². The van der Waals surface area contributed by atoms with Crippen LogP contribution in [0.3, 0.4) is 0 Å². The Kier molecular flexibility index (Phi) is 5.28. The van der Waals surface area contributed by atoms with Gasteiger partial charge < -0.3 is 15.2 Å². The van der Waals surface area contributed by atoms with Crippen molar-refractivity contribution in [1.82, 2.24) is 9.78 Å². The average molecular weight is 392 g/mol. The van der Waals surface area contributed by atoms with Crippen LogP contribution >= 0.6 is 0 Å². The zero-order valence-corrected chi connectivity index (χ0v) is 12.9. The Morgan fingerprint density at radius 1 is 1.00 bits per heavy atom. The van der Waals surface area contributed by atoms with Gasteiger partial charge in [-0.1, -0.05) is 0 Å². The number of hydrogen-bond acceptors (Lipinski definition) is 4. The normalized spacial score (nSPS) is 12.4. The molecule has 0 unspecified atom stereocenters. The van der Waals surface area contributed by atoms with Crippen LogP contribution < -0.4 is 10.4 Å². The molecule has 1 N–H and O–H groups in total. The molecular formula is C15H8F6N3O3-. The number of anilines is 1. The van der Waals surface area contributed by atoms with E-state index in [-0.39, 0.29) is 22.1 Å². The fourth-order valence-corrected chi connectivity index (χ4v) is 1.93. The van der Waals surface area contributed by atoms with Gasteiger partial charge in [-0.15, -0.1) is 0 Å². The summed E-state index contributed by atoms with van der Waals surface area (Å²) in [6.45, 7) is 0. The molecule has 0 aliphatic heterocycles. The molecule has 0 saturated carbocycles.